The van der Waals surface area contributed by atoms with Crippen LogP contribution in [0.2, 0.25) is 0 Å². The van der Waals surface area contributed by atoms with Crippen LogP contribution in [0.4, 0.5) is 5.82 Å². The summed E-state index contributed by atoms with van der Waals surface area (Å²) in [5, 5.41) is 0. The van der Waals surface area contributed by atoms with Crippen molar-refractivity contribution in [2.75, 3.05) is 18.5 Å². The van der Waals surface area contributed by atoms with Crippen LogP contribution in [-0.4, -0.2) is 18.6 Å². The number of pyridine rings is 1. The minimum Gasteiger partial charge on any atom is -0.360 e. The molecule has 0 unspecified atom stereocenters. The zero-order valence-corrected chi connectivity index (χ0v) is 12.1. The van der Waals surface area contributed by atoms with E-state index in [9.17, 15) is 0 Å². The number of alkyl halides is 1. The predicted octanol–water partition coefficient (Wildman–Crippen LogP) is 4.18. The molecule has 1 aromatic heterocycles. The first kappa shape index (κ1) is 14.3. The van der Waals surface area contributed by atoms with Crippen LogP contribution in [0.15, 0.2) is 12.1 Å². The SMILES string of the molecule is CCCCN(C)c1cc(CCl)cc(C(C)C)n1. The first-order valence-electron chi connectivity index (χ1n) is 6.36. The molecule has 17 heavy (non-hydrogen) atoms. The average Bonchev–Trinajstić information content (AvgIpc) is 2.35. The summed E-state index contributed by atoms with van der Waals surface area (Å²) >= 11 is 5.94. The molecule has 0 amide bonds. The molecule has 1 heterocycles. The van der Waals surface area contributed by atoms with Gasteiger partial charge < -0.3 is 4.90 Å². The van der Waals surface area contributed by atoms with Crippen molar-refractivity contribution in [3.63, 3.8) is 0 Å². The number of anilines is 1. The zero-order chi connectivity index (χ0) is 12.8. The van der Waals surface area contributed by atoms with Gasteiger partial charge in [0.1, 0.15) is 5.82 Å². The van der Waals surface area contributed by atoms with Crippen molar-refractivity contribution in [1.29, 1.82) is 0 Å². The Bertz CT molecular complexity index is 350. The number of aromatic nitrogens is 1. The van der Waals surface area contributed by atoms with Gasteiger partial charge in [-0.25, -0.2) is 4.98 Å². The van der Waals surface area contributed by atoms with Crippen molar-refractivity contribution in [3.8, 4) is 0 Å². The van der Waals surface area contributed by atoms with Gasteiger partial charge in [-0.3, -0.25) is 0 Å². The Balaban J connectivity index is 2.93. The number of hydrogen-bond donors (Lipinski definition) is 0. The van der Waals surface area contributed by atoms with E-state index in [1.807, 2.05) is 0 Å². The minimum absolute atomic E-state index is 0.441. The highest BCUT2D eigenvalue weighted by atomic mass is 35.5. The zero-order valence-electron chi connectivity index (χ0n) is 11.3. The number of halogens is 1. The summed E-state index contributed by atoms with van der Waals surface area (Å²) in [4.78, 5) is 6.91. The first-order valence-corrected chi connectivity index (χ1v) is 6.89. The molecule has 0 fully saturated rings. The summed E-state index contributed by atoms with van der Waals surface area (Å²) in [5.41, 5.74) is 2.28. The van der Waals surface area contributed by atoms with Crippen molar-refractivity contribution in [1.82, 2.24) is 4.98 Å². The van der Waals surface area contributed by atoms with Gasteiger partial charge in [0, 0.05) is 25.2 Å². The fourth-order valence-electron chi connectivity index (χ4n) is 1.67. The van der Waals surface area contributed by atoms with Gasteiger partial charge in [-0.2, -0.15) is 0 Å². The number of rotatable bonds is 6. The lowest BCUT2D eigenvalue weighted by Gasteiger charge is -2.20. The van der Waals surface area contributed by atoms with Gasteiger partial charge in [0.05, 0.1) is 0 Å². The second-order valence-corrected chi connectivity index (χ2v) is 5.09. The molecule has 0 aliphatic rings. The molecule has 3 heteroatoms. The van der Waals surface area contributed by atoms with Crippen LogP contribution >= 0.6 is 11.6 Å². The predicted molar refractivity (Wildman–Crippen MR) is 76.1 cm³/mol. The Hall–Kier alpha value is -0.760. The quantitative estimate of drug-likeness (QED) is 0.708. The highest BCUT2D eigenvalue weighted by molar-refractivity contribution is 6.17. The summed E-state index contributed by atoms with van der Waals surface area (Å²) in [6.45, 7) is 7.58. The van der Waals surface area contributed by atoms with Crippen LogP contribution in [0.25, 0.3) is 0 Å². The molecule has 0 aliphatic carbocycles. The highest BCUT2D eigenvalue weighted by Crippen LogP contribution is 2.20. The third-order valence-corrected chi connectivity index (χ3v) is 3.18. The van der Waals surface area contributed by atoms with Crippen molar-refractivity contribution in [3.05, 3.63) is 23.4 Å². The molecule has 0 radical (unpaired) electrons. The van der Waals surface area contributed by atoms with Gasteiger partial charge in [-0.15, -0.1) is 11.6 Å². The summed E-state index contributed by atoms with van der Waals surface area (Å²) in [6.07, 6.45) is 2.40. The summed E-state index contributed by atoms with van der Waals surface area (Å²) < 4.78 is 0. The Morgan fingerprint density at radius 3 is 2.59 bits per heavy atom. The molecule has 96 valence electrons. The Labute approximate surface area is 110 Å². The maximum absolute atomic E-state index is 5.94. The number of hydrogen-bond acceptors (Lipinski definition) is 2. The molecule has 1 aromatic rings. The van der Waals surface area contributed by atoms with E-state index in [0.29, 0.717) is 11.8 Å². The van der Waals surface area contributed by atoms with Gasteiger partial charge in [0.2, 0.25) is 0 Å². The van der Waals surface area contributed by atoms with Gasteiger partial charge >= 0.3 is 0 Å². The summed E-state index contributed by atoms with van der Waals surface area (Å²) in [6, 6.07) is 4.20. The molecule has 1 rings (SSSR count). The Kier molecular flexibility index (Phi) is 5.76. The van der Waals surface area contributed by atoms with E-state index in [4.69, 9.17) is 16.6 Å². The third-order valence-electron chi connectivity index (χ3n) is 2.88. The summed E-state index contributed by atoms with van der Waals surface area (Å²) in [5.74, 6) is 2.04. The lowest BCUT2D eigenvalue weighted by molar-refractivity contribution is 0.749. The van der Waals surface area contributed by atoms with E-state index in [1.165, 1.54) is 12.8 Å². The van der Waals surface area contributed by atoms with E-state index in [2.05, 4.69) is 44.9 Å². The molecule has 0 N–H and O–H groups in total. The van der Waals surface area contributed by atoms with Crippen molar-refractivity contribution < 1.29 is 0 Å². The molecule has 0 aromatic carbocycles. The van der Waals surface area contributed by atoms with E-state index >= 15 is 0 Å². The number of nitrogens with zero attached hydrogens (tertiary/aromatic N) is 2. The Morgan fingerprint density at radius 1 is 1.35 bits per heavy atom. The van der Waals surface area contributed by atoms with Gasteiger partial charge in [0.25, 0.3) is 0 Å². The highest BCUT2D eigenvalue weighted by Gasteiger charge is 2.08. The molecule has 0 atom stereocenters. The number of unbranched alkanes of at least 4 members (excludes halogenated alkanes) is 1. The Morgan fingerprint density at radius 2 is 2.06 bits per heavy atom. The maximum atomic E-state index is 5.94. The topological polar surface area (TPSA) is 16.1 Å². The average molecular weight is 255 g/mol. The van der Waals surface area contributed by atoms with E-state index in [-0.39, 0.29) is 0 Å². The lowest BCUT2D eigenvalue weighted by Crippen LogP contribution is -2.20. The lowest BCUT2D eigenvalue weighted by atomic mass is 10.1. The molecular formula is C14H23ClN2. The van der Waals surface area contributed by atoms with Crippen LogP contribution in [0.3, 0.4) is 0 Å². The normalized spacial score (nSPS) is 10.9. The van der Waals surface area contributed by atoms with E-state index in [0.717, 1.165) is 23.6 Å². The van der Waals surface area contributed by atoms with Crippen LogP contribution in [-0.2, 0) is 5.88 Å². The van der Waals surface area contributed by atoms with E-state index in [1.54, 1.807) is 0 Å². The van der Waals surface area contributed by atoms with Crippen LogP contribution < -0.4 is 4.90 Å². The summed E-state index contributed by atoms with van der Waals surface area (Å²) in [7, 11) is 2.10. The van der Waals surface area contributed by atoms with Crippen LogP contribution in [0, 0.1) is 0 Å². The molecule has 0 bridgehead atoms. The molecule has 0 spiro atoms. The third kappa shape index (κ3) is 4.19. The van der Waals surface area contributed by atoms with Crippen LogP contribution in [0.1, 0.15) is 50.8 Å². The first-order chi connectivity index (χ1) is 8.08. The smallest absolute Gasteiger partial charge is 0.128 e. The molecular weight excluding hydrogens is 232 g/mol. The van der Waals surface area contributed by atoms with Gasteiger partial charge in [0.15, 0.2) is 0 Å². The minimum atomic E-state index is 0.441. The maximum Gasteiger partial charge on any atom is 0.128 e. The second-order valence-electron chi connectivity index (χ2n) is 4.82. The monoisotopic (exact) mass is 254 g/mol. The van der Waals surface area contributed by atoms with Gasteiger partial charge in [-0.05, 0) is 30.0 Å². The van der Waals surface area contributed by atoms with Crippen molar-refractivity contribution >= 4 is 17.4 Å². The molecule has 0 saturated heterocycles. The molecule has 0 aliphatic heterocycles. The fraction of sp³-hybridized carbons (Fsp3) is 0.643. The van der Waals surface area contributed by atoms with E-state index < -0.39 is 0 Å². The molecule has 2 nitrogen and oxygen atoms in total. The largest absolute Gasteiger partial charge is 0.360 e. The van der Waals surface area contributed by atoms with Gasteiger partial charge in [-0.1, -0.05) is 27.2 Å². The second kappa shape index (κ2) is 6.85. The van der Waals surface area contributed by atoms with Crippen molar-refractivity contribution in [2.24, 2.45) is 0 Å². The molecule has 0 saturated carbocycles. The standard InChI is InChI=1S/C14H23ClN2/c1-5-6-7-17(4)14-9-12(10-15)8-13(16-14)11(2)3/h8-9,11H,5-7,10H2,1-4H3. The van der Waals surface area contributed by atoms with Crippen LogP contribution in [0.5, 0.6) is 0 Å². The van der Waals surface area contributed by atoms with Crippen molar-refractivity contribution in [2.45, 2.75) is 45.4 Å². The fourth-order valence-corrected chi connectivity index (χ4v) is 1.83.